The highest BCUT2D eigenvalue weighted by Gasteiger charge is 2.13. The molecule has 3 heterocycles. The third kappa shape index (κ3) is 3.32. The molecule has 1 N–H and O–H groups in total. The molecule has 1 aromatic carbocycles. The van der Waals surface area contributed by atoms with Crippen LogP contribution < -0.4 is 5.32 Å². The molecule has 7 heteroatoms. The van der Waals surface area contributed by atoms with Gasteiger partial charge in [0, 0.05) is 17.8 Å². The van der Waals surface area contributed by atoms with E-state index in [1.807, 2.05) is 36.5 Å². The van der Waals surface area contributed by atoms with Crippen LogP contribution in [-0.2, 0) is 6.54 Å². The molecular weight excluding hydrogens is 384 g/mol. The Bertz CT molecular complexity index is 1050. The Hall–Kier alpha value is -2.93. The number of aromatic nitrogens is 3. The lowest BCUT2D eigenvalue weighted by atomic mass is 10.2. The quantitative estimate of drug-likeness (QED) is 0.563. The summed E-state index contributed by atoms with van der Waals surface area (Å²) in [6, 6.07) is 12.9. The van der Waals surface area contributed by atoms with Gasteiger partial charge in [-0.2, -0.15) is 5.10 Å². The summed E-state index contributed by atoms with van der Waals surface area (Å²) in [5.41, 5.74) is 1.39. The Morgan fingerprint density at radius 2 is 2.08 bits per heavy atom. The number of amides is 1. The number of hydrogen-bond acceptors (Lipinski definition) is 4. The molecule has 0 spiro atoms. The van der Waals surface area contributed by atoms with E-state index >= 15 is 0 Å². The van der Waals surface area contributed by atoms with Gasteiger partial charge in [-0.25, -0.2) is 0 Å². The number of rotatable bonds is 4. The average Bonchev–Trinajstić information content (AvgIpc) is 3.25. The zero-order valence-corrected chi connectivity index (χ0v) is 14.6. The van der Waals surface area contributed by atoms with Crippen LogP contribution in [0.15, 0.2) is 69.9 Å². The first-order valence-corrected chi connectivity index (χ1v) is 8.40. The summed E-state index contributed by atoms with van der Waals surface area (Å²) < 4.78 is 8.25. The molecule has 4 rings (SSSR count). The molecule has 6 nitrogen and oxygen atoms in total. The number of benzene rings is 1. The highest BCUT2D eigenvalue weighted by Crippen LogP contribution is 2.22. The molecule has 0 saturated heterocycles. The molecular formula is C18H13BrN4O2. The van der Waals surface area contributed by atoms with Crippen LogP contribution in [0.4, 0.5) is 5.69 Å². The number of hydrogen-bond donors (Lipinski definition) is 1. The zero-order valence-electron chi connectivity index (χ0n) is 13.0. The molecule has 0 aliphatic carbocycles. The van der Waals surface area contributed by atoms with Crippen LogP contribution in [0.1, 0.15) is 16.3 Å². The molecule has 124 valence electrons. The maximum absolute atomic E-state index is 12.5. The van der Waals surface area contributed by atoms with Crippen molar-refractivity contribution in [2.45, 2.75) is 6.54 Å². The van der Waals surface area contributed by atoms with Gasteiger partial charge in [0.2, 0.25) is 0 Å². The first kappa shape index (κ1) is 15.6. The van der Waals surface area contributed by atoms with Crippen LogP contribution in [0.5, 0.6) is 0 Å². The number of fused-ring (bicyclic) bond motifs is 1. The van der Waals surface area contributed by atoms with Crippen LogP contribution in [0, 0.1) is 0 Å². The summed E-state index contributed by atoms with van der Waals surface area (Å²) >= 11 is 3.35. The van der Waals surface area contributed by atoms with E-state index < -0.39 is 0 Å². The smallest absolute Gasteiger partial charge is 0.291 e. The van der Waals surface area contributed by atoms with Crippen molar-refractivity contribution in [3.05, 3.63) is 77.0 Å². The first-order chi connectivity index (χ1) is 12.2. The number of anilines is 1. The lowest BCUT2D eigenvalue weighted by Crippen LogP contribution is -2.11. The second kappa shape index (κ2) is 6.52. The highest BCUT2D eigenvalue weighted by molar-refractivity contribution is 9.10. The van der Waals surface area contributed by atoms with Crippen molar-refractivity contribution >= 4 is 38.4 Å². The molecule has 0 atom stereocenters. The van der Waals surface area contributed by atoms with E-state index in [9.17, 15) is 4.79 Å². The number of carbonyl (C=O) groups excluding carboxylic acids is 1. The lowest BCUT2D eigenvalue weighted by molar-refractivity contribution is 0.0995. The van der Waals surface area contributed by atoms with Crippen LogP contribution in [0.2, 0.25) is 0 Å². The van der Waals surface area contributed by atoms with Crippen molar-refractivity contribution in [3.8, 4) is 0 Å². The topological polar surface area (TPSA) is 73.0 Å². The molecule has 0 aliphatic rings. The minimum Gasteiger partial charge on any atom is -0.454 e. The molecule has 0 fully saturated rings. The molecule has 0 radical (unpaired) electrons. The van der Waals surface area contributed by atoms with E-state index in [2.05, 4.69) is 31.3 Å². The van der Waals surface area contributed by atoms with Gasteiger partial charge in [-0.1, -0.05) is 18.2 Å². The maximum atomic E-state index is 12.5. The SMILES string of the molecule is O=C(Nc1cccc2cccnc12)c1ccc(Cn2cc(Br)cn2)o1. The number of nitrogens with one attached hydrogen (secondary N) is 1. The normalized spacial score (nSPS) is 10.9. The fourth-order valence-electron chi connectivity index (χ4n) is 2.56. The fourth-order valence-corrected chi connectivity index (χ4v) is 2.89. The van der Waals surface area contributed by atoms with Crippen molar-refractivity contribution in [1.29, 1.82) is 0 Å². The van der Waals surface area contributed by atoms with Crippen LogP contribution >= 0.6 is 15.9 Å². The van der Waals surface area contributed by atoms with Crippen LogP contribution in [0.3, 0.4) is 0 Å². The Kier molecular flexibility index (Phi) is 4.07. The minimum atomic E-state index is -0.314. The van der Waals surface area contributed by atoms with Gasteiger partial charge in [-0.05, 0) is 40.2 Å². The first-order valence-electron chi connectivity index (χ1n) is 7.61. The van der Waals surface area contributed by atoms with Gasteiger partial charge in [-0.3, -0.25) is 14.5 Å². The van der Waals surface area contributed by atoms with Crippen molar-refractivity contribution < 1.29 is 9.21 Å². The van der Waals surface area contributed by atoms with Crippen LogP contribution in [-0.4, -0.2) is 20.7 Å². The summed E-state index contributed by atoms with van der Waals surface area (Å²) in [4.78, 5) is 16.8. The number of nitrogens with zero attached hydrogens (tertiary/aromatic N) is 3. The second-order valence-corrected chi connectivity index (χ2v) is 6.37. The second-order valence-electron chi connectivity index (χ2n) is 5.46. The van der Waals surface area contributed by atoms with Gasteiger partial charge < -0.3 is 9.73 Å². The van der Waals surface area contributed by atoms with E-state index in [0.29, 0.717) is 18.0 Å². The van der Waals surface area contributed by atoms with E-state index in [0.717, 1.165) is 15.4 Å². The molecule has 25 heavy (non-hydrogen) atoms. The molecule has 0 aliphatic heterocycles. The minimum absolute atomic E-state index is 0.245. The van der Waals surface area contributed by atoms with Crippen molar-refractivity contribution in [1.82, 2.24) is 14.8 Å². The van der Waals surface area contributed by atoms with E-state index in [4.69, 9.17) is 4.42 Å². The maximum Gasteiger partial charge on any atom is 0.291 e. The Morgan fingerprint density at radius 1 is 1.20 bits per heavy atom. The number of pyridine rings is 1. The Balaban J connectivity index is 1.53. The summed E-state index contributed by atoms with van der Waals surface area (Å²) in [6.45, 7) is 0.453. The van der Waals surface area contributed by atoms with Gasteiger partial charge in [0.05, 0.1) is 28.4 Å². The van der Waals surface area contributed by atoms with Crippen molar-refractivity contribution in [2.24, 2.45) is 0 Å². The molecule has 0 unspecified atom stereocenters. The predicted octanol–water partition coefficient (Wildman–Crippen LogP) is 4.09. The molecule has 1 amide bonds. The van der Waals surface area contributed by atoms with E-state index in [-0.39, 0.29) is 11.7 Å². The standard InChI is InChI=1S/C18H13BrN4O2/c19-13-9-21-23(10-13)11-14-6-7-16(25-14)18(24)22-15-5-1-3-12-4-2-8-20-17(12)15/h1-10H,11H2,(H,22,24). The average molecular weight is 397 g/mol. The molecule has 0 saturated carbocycles. The van der Waals surface area contributed by atoms with Crippen molar-refractivity contribution in [2.75, 3.05) is 5.32 Å². The van der Waals surface area contributed by atoms with Gasteiger partial charge >= 0.3 is 0 Å². The summed E-state index contributed by atoms with van der Waals surface area (Å²) in [5.74, 6) is 0.581. The monoisotopic (exact) mass is 396 g/mol. The van der Waals surface area contributed by atoms with Gasteiger partial charge in [0.25, 0.3) is 5.91 Å². The van der Waals surface area contributed by atoms with Gasteiger partial charge in [0.1, 0.15) is 5.76 Å². The number of furan rings is 1. The summed E-state index contributed by atoms with van der Waals surface area (Å²) in [7, 11) is 0. The molecule has 0 bridgehead atoms. The highest BCUT2D eigenvalue weighted by atomic mass is 79.9. The van der Waals surface area contributed by atoms with Crippen LogP contribution in [0.25, 0.3) is 10.9 Å². The number of carbonyl (C=O) groups is 1. The summed E-state index contributed by atoms with van der Waals surface area (Å²) in [5, 5.41) is 7.99. The Morgan fingerprint density at radius 3 is 2.92 bits per heavy atom. The molecule has 4 aromatic rings. The fraction of sp³-hybridized carbons (Fsp3) is 0.0556. The number of halogens is 1. The lowest BCUT2D eigenvalue weighted by Gasteiger charge is -2.06. The third-order valence-electron chi connectivity index (χ3n) is 3.69. The largest absolute Gasteiger partial charge is 0.454 e. The third-order valence-corrected chi connectivity index (χ3v) is 4.10. The summed E-state index contributed by atoms with van der Waals surface area (Å²) in [6.07, 6.45) is 5.24. The van der Waals surface area contributed by atoms with E-state index in [1.165, 1.54) is 0 Å². The Labute approximate surface area is 151 Å². The van der Waals surface area contributed by atoms with Gasteiger partial charge in [-0.15, -0.1) is 0 Å². The number of para-hydroxylation sites is 1. The van der Waals surface area contributed by atoms with Gasteiger partial charge in [0.15, 0.2) is 5.76 Å². The molecule has 3 aromatic heterocycles. The van der Waals surface area contributed by atoms with Crippen molar-refractivity contribution in [3.63, 3.8) is 0 Å². The zero-order chi connectivity index (χ0) is 17.2. The predicted molar refractivity (Wildman–Crippen MR) is 97.4 cm³/mol. The van der Waals surface area contributed by atoms with E-state index in [1.54, 1.807) is 29.2 Å².